The van der Waals surface area contributed by atoms with Crippen LogP contribution in [0.5, 0.6) is 0 Å². The van der Waals surface area contributed by atoms with E-state index in [1.807, 2.05) is 0 Å². The first kappa shape index (κ1) is 14.3. The Morgan fingerprint density at radius 1 is 1.42 bits per heavy atom. The summed E-state index contributed by atoms with van der Waals surface area (Å²) in [6.45, 7) is 6.33. The van der Waals surface area contributed by atoms with Crippen LogP contribution in [-0.4, -0.2) is 11.3 Å². The van der Waals surface area contributed by atoms with Gasteiger partial charge in [0, 0.05) is 6.42 Å². The third-order valence-corrected chi connectivity index (χ3v) is 4.44. The number of hydrogen-bond acceptors (Lipinski definition) is 2. The van der Waals surface area contributed by atoms with Crippen LogP contribution in [0.15, 0.2) is 18.2 Å². The number of hydrogen-bond donors (Lipinski definition) is 1. The number of rotatable bonds is 3. The van der Waals surface area contributed by atoms with Crippen molar-refractivity contribution in [2.24, 2.45) is 11.7 Å². The molecule has 19 heavy (non-hydrogen) atoms. The average Bonchev–Trinajstić information content (AvgIpc) is 2.33. The average molecular weight is 259 g/mol. The smallest absolute Gasteiger partial charge is 0.157 e. The van der Waals surface area contributed by atoms with Gasteiger partial charge in [0.1, 0.15) is 0 Å². The first-order valence-corrected chi connectivity index (χ1v) is 7.29. The molecule has 1 aromatic carbocycles. The molecule has 104 valence electrons. The molecule has 0 aliphatic heterocycles. The zero-order valence-electron chi connectivity index (χ0n) is 12.3. The zero-order valence-corrected chi connectivity index (χ0v) is 12.3. The van der Waals surface area contributed by atoms with Crippen LogP contribution >= 0.6 is 0 Å². The molecule has 2 unspecified atom stereocenters. The molecular formula is C17H25NO. The van der Waals surface area contributed by atoms with Gasteiger partial charge >= 0.3 is 0 Å². The Bertz CT molecular complexity index is 480. The quantitative estimate of drug-likeness (QED) is 0.905. The van der Waals surface area contributed by atoms with Crippen LogP contribution in [0.4, 0.5) is 0 Å². The Hall–Kier alpha value is -1.15. The molecule has 0 aromatic heterocycles. The highest BCUT2D eigenvalue weighted by Crippen LogP contribution is 2.32. The normalized spacial score (nSPS) is 27.3. The molecule has 1 aromatic rings. The first-order chi connectivity index (χ1) is 8.90. The molecule has 1 aliphatic rings. The van der Waals surface area contributed by atoms with Crippen molar-refractivity contribution in [1.82, 2.24) is 0 Å². The Labute approximate surface area is 116 Å². The Morgan fingerprint density at radius 3 is 2.84 bits per heavy atom. The fraction of sp³-hybridized carbons (Fsp3) is 0.588. The van der Waals surface area contributed by atoms with Crippen LogP contribution in [-0.2, 0) is 11.2 Å². The number of nitrogens with two attached hydrogens (primary N) is 1. The van der Waals surface area contributed by atoms with Crippen molar-refractivity contribution in [2.75, 3.05) is 0 Å². The minimum Gasteiger partial charge on any atom is -0.319 e. The molecule has 2 nitrogen and oxygen atoms in total. The highest BCUT2D eigenvalue weighted by molar-refractivity contribution is 5.90. The van der Waals surface area contributed by atoms with Crippen molar-refractivity contribution in [3.8, 4) is 0 Å². The van der Waals surface area contributed by atoms with E-state index in [-0.39, 0.29) is 5.78 Å². The van der Waals surface area contributed by atoms with E-state index in [4.69, 9.17) is 5.73 Å². The molecule has 1 aliphatic carbocycles. The van der Waals surface area contributed by atoms with Gasteiger partial charge in [-0.25, -0.2) is 0 Å². The summed E-state index contributed by atoms with van der Waals surface area (Å²) in [4.78, 5) is 12.6. The largest absolute Gasteiger partial charge is 0.319 e. The monoisotopic (exact) mass is 259 g/mol. The van der Waals surface area contributed by atoms with Crippen molar-refractivity contribution in [3.63, 3.8) is 0 Å². The third-order valence-electron chi connectivity index (χ3n) is 4.44. The molecule has 0 amide bonds. The molecular weight excluding hydrogens is 234 g/mol. The zero-order chi connectivity index (χ0) is 14.0. The molecule has 0 spiro atoms. The fourth-order valence-corrected chi connectivity index (χ4v) is 3.18. The summed E-state index contributed by atoms with van der Waals surface area (Å²) in [6, 6.07) is 6.29. The van der Waals surface area contributed by atoms with Crippen molar-refractivity contribution < 1.29 is 4.79 Å². The number of carbonyl (C=O) groups is 1. The maximum atomic E-state index is 12.6. The summed E-state index contributed by atoms with van der Waals surface area (Å²) in [7, 11) is 0. The topological polar surface area (TPSA) is 43.1 Å². The Kier molecular flexibility index (Phi) is 4.10. The minimum atomic E-state index is -0.589. The lowest BCUT2D eigenvalue weighted by Crippen LogP contribution is -2.51. The number of Topliss-reactive ketones (excluding diaryl/α,β-unsaturated/α-hetero) is 1. The van der Waals surface area contributed by atoms with Crippen molar-refractivity contribution in [1.29, 1.82) is 0 Å². The lowest BCUT2D eigenvalue weighted by Gasteiger charge is -2.35. The lowest BCUT2D eigenvalue weighted by molar-refractivity contribution is -0.125. The van der Waals surface area contributed by atoms with Gasteiger partial charge < -0.3 is 5.73 Å². The van der Waals surface area contributed by atoms with Crippen LogP contribution in [0.3, 0.4) is 0 Å². The van der Waals surface area contributed by atoms with Crippen LogP contribution in [0.25, 0.3) is 0 Å². The van der Waals surface area contributed by atoms with Crippen LogP contribution in [0.1, 0.15) is 49.3 Å². The van der Waals surface area contributed by atoms with Gasteiger partial charge in [0.2, 0.25) is 0 Å². The summed E-state index contributed by atoms with van der Waals surface area (Å²) in [5.41, 5.74) is 9.31. The van der Waals surface area contributed by atoms with E-state index in [2.05, 4.69) is 39.0 Å². The molecule has 0 heterocycles. The molecule has 1 saturated carbocycles. The molecule has 0 radical (unpaired) electrons. The molecule has 2 heteroatoms. The second-order valence-corrected chi connectivity index (χ2v) is 6.39. The molecule has 0 bridgehead atoms. The number of carbonyl (C=O) groups excluding carboxylic acids is 1. The number of aryl methyl sites for hydroxylation is 2. The van der Waals surface area contributed by atoms with E-state index >= 15 is 0 Å². The molecule has 2 atom stereocenters. The van der Waals surface area contributed by atoms with Crippen LogP contribution in [0, 0.1) is 19.8 Å². The summed E-state index contributed by atoms with van der Waals surface area (Å²) in [6.07, 6.45) is 4.46. The molecule has 0 saturated heterocycles. The maximum absolute atomic E-state index is 12.6. The van der Waals surface area contributed by atoms with E-state index in [1.54, 1.807) is 0 Å². The number of benzene rings is 1. The predicted octanol–water partition coefficient (Wildman–Crippen LogP) is 3.32. The Morgan fingerprint density at radius 2 is 2.16 bits per heavy atom. The molecule has 2 rings (SSSR count). The summed E-state index contributed by atoms with van der Waals surface area (Å²) < 4.78 is 0. The van der Waals surface area contributed by atoms with E-state index in [0.29, 0.717) is 12.3 Å². The lowest BCUT2D eigenvalue weighted by atomic mass is 9.73. The summed E-state index contributed by atoms with van der Waals surface area (Å²) in [5, 5.41) is 0. The first-order valence-electron chi connectivity index (χ1n) is 7.29. The van der Waals surface area contributed by atoms with Gasteiger partial charge in [-0.3, -0.25) is 4.79 Å². The minimum absolute atomic E-state index is 0.216. The molecule has 2 N–H and O–H groups in total. The summed E-state index contributed by atoms with van der Waals surface area (Å²) >= 11 is 0. The van der Waals surface area contributed by atoms with E-state index in [1.165, 1.54) is 17.5 Å². The van der Waals surface area contributed by atoms with Gasteiger partial charge in [-0.15, -0.1) is 0 Å². The SMILES string of the molecule is Cc1ccc(C)c(CC(=O)C2(N)CCCC(C)C2)c1. The standard InChI is InChI=1S/C17H25NO/c1-12-6-7-14(3)15(9-12)10-16(19)17(18)8-4-5-13(2)11-17/h6-7,9,13H,4-5,8,10-11,18H2,1-3H3. The molecule has 1 fully saturated rings. The van der Waals surface area contributed by atoms with Gasteiger partial charge in [-0.2, -0.15) is 0 Å². The van der Waals surface area contributed by atoms with Crippen LogP contribution < -0.4 is 5.73 Å². The fourth-order valence-electron chi connectivity index (χ4n) is 3.18. The maximum Gasteiger partial charge on any atom is 0.157 e. The van der Waals surface area contributed by atoms with Gasteiger partial charge in [0.25, 0.3) is 0 Å². The summed E-state index contributed by atoms with van der Waals surface area (Å²) in [5.74, 6) is 0.786. The highest BCUT2D eigenvalue weighted by atomic mass is 16.1. The van der Waals surface area contributed by atoms with Crippen molar-refractivity contribution in [2.45, 2.75) is 58.4 Å². The second-order valence-electron chi connectivity index (χ2n) is 6.39. The van der Waals surface area contributed by atoms with Gasteiger partial charge in [0.15, 0.2) is 5.78 Å². The van der Waals surface area contributed by atoms with Gasteiger partial charge in [-0.1, -0.05) is 43.5 Å². The van der Waals surface area contributed by atoms with Gasteiger partial charge in [0.05, 0.1) is 5.54 Å². The predicted molar refractivity (Wildman–Crippen MR) is 79.2 cm³/mol. The third kappa shape index (κ3) is 3.24. The van der Waals surface area contributed by atoms with Crippen LogP contribution in [0.2, 0.25) is 0 Å². The van der Waals surface area contributed by atoms with Gasteiger partial charge in [-0.05, 0) is 43.7 Å². The second kappa shape index (κ2) is 5.46. The highest BCUT2D eigenvalue weighted by Gasteiger charge is 2.37. The number of ketones is 1. The van der Waals surface area contributed by atoms with Crippen molar-refractivity contribution >= 4 is 5.78 Å². The van der Waals surface area contributed by atoms with E-state index in [9.17, 15) is 4.79 Å². The van der Waals surface area contributed by atoms with E-state index in [0.717, 1.165) is 24.8 Å². The van der Waals surface area contributed by atoms with E-state index < -0.39 is 5.54 Å². The van der Waals surface area contributed by atoms with Crippen molar-refractivity contribution in [3.05, 3.63) is 34.9 Å². The Balaban J connectivity index is 2.14.